The molecule has 1 aromatic heterocycles. The number of benzene rings is 1. The zero-order chi connectivity index (χ0) is 26.1. The van der Waals surface area contributed by atoms with E-state index in [0.29, 0.717) is 19.8 Å². The van der Waals surface area contributed by atoms with Gasteiger partial charge in [0.15, 0.2) is 0 Å². The molecule has 4 unspecified atom stereocenters. The van der Waals surface area contributed by atoms with Crippen molar-refractivity contribution in [3.05, 3.63) is 64.5 Å². The van der Waals surface area contributed by atoms with Crippen LogP contribution in [0.2, 0.25) is 0 Å². The maximum atomic E-state index is 14.5. The Morgan fingerprint density at radius 1 is 1.05 bits per heavy atom. The van der Waals surface area contributed by atoms with E-state index in [1.807, 2.05) is 24.8 Å². The molecule has 7 heteroatoms. The van der Waals surface area contributed by atoms with Gasteiger partial charge in [0.25, 0.3) is 0 Å². The van der Waals surface area contributed by atoms with Crippen molar-refractivity contribution in [1.29, 1.82) is 0 Å². The summed E-state index contributed by atoms with van der Waals surface area (Å²) in [6.07, 6.45) is 2.44. The number of fused-ring (bicyclic) bond motifs is 1. The number of nitrogens with zero attached hydrogens (tertiary/aromatic N) is 3. The van der Waals surface area contributed by atoms with Gasteiger partial charge in [0.05, 0.1) is 19.3 Å². The smallest absolute Gasteiger partial charge is 0.246 e. The number of nitrogens with one attached hydrogen (secondary N) is 1. The van der Waals surface area contributed by atoms with Crippen LogP contribution in [0.3, 0.4) is 0 Å². The lowest BCUT2D eigenvalue weighted by molar-refractivity contribution is -0.157. The fourth-order valence-electron chi connectivity index (χ4n) is 6.39. The van der Waals surface area contributed by atoms with Crippen molar-refractivity contribution < 1.29 is 14.3 Å². The number of amides is 2. The van der Waals surface area contributed by atoms with Crippen LogP contribution in [0.4, 0.5) is 0 Å². The first-order chi connectivity index (χ1) is 17.9. The van der Waals surface area contributed by atoms with E-state index in [4.69, 9.17) is 9.72 Å². The summed E-state index contributed by atoms with van der Waals surface area (Å²) < 4.78 is 5.60. The summed E-state index contributed by atoms with van der Waals surface area (Å²) in [5.74, 6) is 0.118. The van der Waals surface area contributed by atoms with Crippen LogP contribution in [0.1, 0.15) is 54.4 Å². The van der Waals surface area contributed by atoms with Gasteiger partial charge >= 0.3 is 0 Å². The van der Waals surface area contributed by atoms with E-state index in [-0.39, 0.29) is 29.7 Å². The van der Waals surface area contributed by atoms with Crippen molar-refractivity contribution in [2.24, 2.45) is 11.8 Å². The van der Waals surface area contributed by atoms with Crippen LogP contribution in [-0.4, -0.2) is 71.5 Å². The van der Waals surface area contributed by atoms with E-state index >= 15 is 0 Å². The van der Waals surface area contributed by atoms with E-state index in [9.17, 15) is 9.59 Å². The molecule has 3 heterocycles. The van der Waals surface area contributed by atoms with Gasteiger partial charge in [-0.1, -0.05) is 50.6 Å². The van der Waals surface area contributed by atoms with Crippen molar-refractivity contribution in [3.63, 3.8) is 0 Å². The highest BCUT2D eigenvalue weighted by molar-refractivity contribution is 5.97. The van der Waals surface area contributed by atoms with Gasteiger partial charge in [-0.05, 0) is 61.3 Å². The van der Waals surface area contributed by atoms with Crippen molar-refractivity contribution in [2.45, 2.75) is 65.1 Å². The summed E-state index contributed by atoms with van der Waals surface area (Å²) in [4.78, 5) is 37.4. The minimum atomic E-state index is -0.522. The van der Waals surface area contributed by atoms with Gasteiger partial charge in [0, 0.05) is 31.0 Å². The zero-order valence-corrected chi connectivity index (χ0v) is 22.6. The minimum Gasteiger partial charge on any atom is -0.379 e. The number of aryl methyl sites for hydroxylation is 2. The minimum absolute atomic E-state index is 0.0281. The maximum Gasteiger partial charge on any atom is 0.246 e. The fraction of sp³-hybridized carbons (Fsp3) is 0.567. The highest BCUT2D eigenvalue weighted by Crippen LogP contribution is 2.37. The lowest BCUT2D eigenvalue weighted by Crippen LogP contribution is -2.68. The van der Waals surface area contributed by atoms with Crippen LogP contribution in [0.5, 0.6) is 0 Å². The van der Waals surface area contributed by atoms with E-state index < -0.39 is 12.1 Å². The summed E-state index contributed by atoms with van der Waals surface area (Å²) in [5.41, 5.74) is 5.48. The second-order valence-electron chi connectivity index (χ2n) is 11.1. The molecule has 7 nitrogen and oxygen atoms in total. The van der Waals surface area contributed by atoms with Gasteiger partial charge in [-0.2, -0.15) is 0 Å². The monoisotopic (exact) mass is 504 g/mol. The Bertz CT molecular complexity index is 1120. The molecule has 2 aromatic rings. The van der Waals surface area contributed by atoms with Gasteiger partial charge in [0.1, 0.15) is 12.1 Å². The topological polar surface area (TPSA) is 74.8 Å². The lowest BCUT2D eigenvalue weighted by atomic mass is 9.85. The first kappa shape index (κ1) is 25.9. The Labute approximate surface area is 220 Å². The molecule has 0 bridgehead atoms. The number of aromatic nitrogens is 1. The third-order valence-corrected chi connectivity index (χ3v) is 8.62. The number of hydrogen-bond acceptors (Lipinski definition) is 5. The molecule has 0 radical (unpaired) electrons. The molecule has 2 amide bonds. The van der Waals surface area contributed by atoms with Gasteiger partial charge in [-0.3, -0.25) is 19.5 Å². The molecule has 3 aliphatic rings. The van der Waals surface area contributed by atoms with Crippen molar-refractivity contribution in [3.8, 4) is 0 Å². The van der Waals surface area contributed by atoms with E-state index in [0.717, 1.165) is 49.3 Å². The number of pyridine rings is 1. The van der Waals surface area contributed by atoms with Gasteiger partial charge in [0.2, 0.25) is 11.8 Å². The van der Waals surface area contributed by atoms with Crippen LogP contribution < -0.4 is 5.32 Å². The molecule has 1 N–H and O–H groups in total. The second kappa shape index (κ2) is 10.9. The number of morpholine rings is 1. The molecule has 2 saturated heterocycles. The lowest BCUT2D eigenvalue weighted by Gasteiger charge is -2.48. The van der Waals surface area contributed by atoms with Crippen LogP contribution in [-0.2, 0) is 27.2 Å². The van der Waals surface area contributed by atoms with Crippen LogP contribution in [0.25, 0.3) is 0 Å². The fourth-order valence-corrected chi connectivity index (χ4v) is 6.39. The number of hydrogen-bond donors (Lipinski definition) is 1. The third kappa shape index (κ3) is 5.16. The quantitative estimate of drug-likeness (QED) is 0.627. The van der Waals surface area contributed by atoms with Crippen LogP contribution in [0, 0.1) is 25.7 Å². The molecule has 4 atom stereocenters. The normalized spacial score (nSPS) is 24.6. The van der Waals surface area contributed by atoms with E-state index in [1.165, 1.54) is 11.1 Å². The Morgan fingerprint density at radius 3 is 2.35 bits per heavy atom. The number of rotatable bonds is 7. The number of piperazine rings is 1. The molecule has 5 rings (SSSR count). The van der Waals surface area contributed by atoms with E-state index in [1.54, 1.807) is 0 Å². The first-order valence-corrected chi connectivity index (χ1v) is 13.8. The maximum absolute atomic E-state index is 14.5. The average Bonchev–Trinajstić information content (AvgIpc) is 3.33. The summed E-state index contributed by atoms with van der Waals surface area (Å²) in [5, 5.41) is 3.19. The molecule has 2 aliphatic heterocycles. The molecule has 0 spiro atoms. The Kier molecular flexibility index (Phi) is 7.63. The van der Waals surface area contributed by atoms with Gasteiger partial charge in [-0.15, -0.1) is 0 Å². The summed E-state index contributed by atoms with van der Waals surface area (Å²) in [6.45, 7) is 11.9. The standard InChI is InChI=1S/C30H40N4O3/c1-5-19(2)28-29(35)32-27(24-16-22-8-6-7-9-23(22)17-24)30(36)34(28)26(18-33-12-14-37-15-13-33)25-11-10-20(3)31-21(25)4/h6-11,19,24,26-28H,5,12-18H2,1-4H3,(H,32,35). The highest BCUT2D eigenvalue weighted by Gasteiger charge is 2.49. The third-order valence-electron chi connectivity index (χ3n) is 8.62. The van der Waals surface area contributed by atoms with Gasteiger partial charge < -0.3 is 15.0 Å². The van der Waals surface area contributed by atoms with Gasteiger partial charge in [-0.25, -0.2) is 0 Å². The largest absolute Gasteiger partial charge is 0.379 e. The number of carbonyl (C=O) groups excluding carboxylic acids is 2. The van der Waals surface area contributed by atoms with Crippen LogP contribution >= 0.6 is 0 Å². The predicted molar refractivity (Wildman–Crippen MR) is 143 cm³/mol. The first-order valence-electron chi connectivity index (χ1n) is 13.8. The Hall–Kier alpha value is -2.77. The summed E-state index contributed by atoms with van der Waals surface area (Å²) in [7, 11) is 0. The van der Waals surface area contributed by atoms with Crippen molar-refractivity contribution in [1.82, 2.24) is 20.1 Å². The van der Waals surface area contributed by atoms with Crippen LogP contribution in [0.15, 0.2) is 36.4 Å². The molecule has 1 aliphatic carbocycles. The number of ether oxygens (including phenoxy) is 1. The zero-order valence-electron chi connectivity index (χ0n) is 22.6. The molecular formula is C30H40N4O3. The molecular weight excluding hydrogens is 464 g/mol. The summed E-state index contributed by atoms with van der Waals surface area (Å²) in [6, 6.07) is 11.2. The highest BCUT2D eigenvalue weighted by atomic mass is 16.5. The SMILES string of the molecule is CCC(C)C1C(=O)NC(C2Cc3ccccc3C2)C(=O)N1C(CN1CCOCC1)c1ccc(C)nc1C. The van der Waals surface area contributed by atoms with Crippen molar-refractivity contribution >= 4 is 11.8 Å². The van der Waals surface area contributed by atoms with Crippen molar-refractivity contribution in [2.75, 3.05) is 32.8 Å². The second-order valence-corrected chi connectivity index (χ2v) is 11.1. The average molecular weight is 505 g/mol. The predicted octanol–water partition coefficient (Wildman–Crippen LogP) is 3.23. The summed E-state index contributed by atoms with van der Waals surface area (Å²) >= 11 is 0. The Balaban J connectivity index is 1.54. The number of carbonyl (C=O) groups is 2. The molecule has 198 valence electrons. The Morgan fingerprint density at radius 2 is 1.73 bits per heavy atom. The molecule has 1 aromatic carbocycles. The van der Waals surface area contributed by atoms with E-state index in [2.05, 4.69) is 54.4 Å². The molecule has 2 fully saturated rings. The molecule has 37 heavy (non-hydrogen) atoms. The molecule has 0 saturated carbocycles.